The monoisotopic (exact) mass is 378 g/mol. The second-order valence-corrected chi connectivity index (χ2v) is 7.15. The van der Waals surface area contributed by atoms with Gasteiger partial charge in [-0.25, -0.2) is 0 Å². The number of carbonyl (C=O) groups excluding carboxylic acids is 2. The van der Waals surface area contributed by atoms with E-state index in [1.54, 1.807) is 19.1 Å². The molecule has 144 valence electrons. The summed E-state index contributed by atoms with van der Waals surface area (Å²) in [5.41, 5.74) is -0.381. The number of para-hydroxylation sites is 1. The van der Waals surface area contributed by atoms with Crippen molar-refractivity contribution in [2.45, 2.75) is 31.9 Å². The van der Waals surface area contributed by atoms with E-state index < -0.39 is 11.6 Å². The molecule has 1 heterocycles. The van der Waals surface area contributed by atoms with Crippen molar-refractivity contribution >= 4 is 17.6 Å². The number of hydrazone groups is 1. The second kappa shape index (κ2) is 7.46. The highest BCUT2D eigenvalue weighted by Crippen LogP contribution is 2.40. The Labute approximate surface area is 163 Å². The van der Waals surface area contributed by atoms with Crippen LogP contribution in [0.2, 0.25) is 0 Å². The number of carbonyl (C=O) groups is 2. The zero-order valence-corrected chi connectivity index (χ0v) is 15.7. The summed E-state index contributed by atoms with van der Waals surface area (Å²) < 4.78 is 11.8. The highest BCUT2D eigenvalue weighted by molar-refractivity contribution is 5.98. The minimum Gasteiger partial charge on any atom is -0.484 e. The molecule has 1 aliphatic heterocycles. The van der Waals surface area contributed by atoms with E-state index in [0.29, 0.717) is 24.5 Å². The lowest BCUT2D eigenvalue weighted by atomic mass is 9.93. The van der Waals surface area contributed by atoms with Gasteiger partial charge in [0.1, 0.15) is 11.5 Å². The van der Waals surface area contributed by atoms with Gasteiger partial charge in [0.05, 0.1) is 5.92 Å². The zero-order valence-electron chi connectivity index (χ0n) is 15.7. The van der Waals surface area contributed by atoms with Crippen molar-refractivity contribution in [1.82, 2.24) is 5.01 Å². The number of ether oxygens (including phenoxy) is 2. The van der Waals surface area contributed by atoms with Crippen molar-refractivity contribution in [2.75, 3.05) is 6.61 Å². The lowest BCUT2D eigenvalue weighted by Gasteiger charge is -2.35. The Balaban J connectivity index is 1.60. The summed E-state index contributed by atoms with van der Waals surface area (Å²) in [7, 11) is 0. The van der Waals surface area contributed by atoms with E-state index in [4.69, 9.17) is 9.47 Å². The highest BCUT2D eigenvalue weighted by Gasteiger charge is 2.54. The van der Waals surface area contributed by atoms with Crippen LogP contribution in [0, 0.1) is 5.92 Å². The van der Waals surface area contributed by atoms with Crippen LogP contribution in [-0.2, 0) is 14.3 Å². The molecule has 1 aliphatic carbocycles. The van der Waals surface area contributed by atoms with E-state index in [0.717, 1.165) is 12.0 Å². The number of hydrogen-bond donors (Lipinski definition) is 0. The Kier molecular flexibility index (Phi) is 4.86. The van der Waals surface area contributed by atoms with Gasteiger partial charge in [0.2, 0.25) is 11.6 Å². The van der Waals surface area contributed by atoms with Gasteiger partial charge in [-0.3, -0.25) is 9.59 Å². The van der Waals surface area contributed by atoms with Crippen LogP contribution in [0.5, 0.6) is 5.75 Å². The topological polar surface area (TPSA) is 68.2 Å². The molecule has 2 aliphatic rings. The van der Waals surface area contributed by atoms with Crippen LogP contribution in [0.25, 0.3) is 0 Å². The zero-order chi connectivity index (χ0) is 19.6. The summed E-state index contributed by atoms with van der Waals surface area (Å²) >= 11 is 0. The first kappa shape index (κ1) is 18.2. The molecule has 0 N–H and O–H groups in total. The fraction of sp³-hybridized carbons (Fsp3) is 0.318. The van der Waals surface area contributed by atoms with Crippen LogP contribution >= 0.6 is 0 Å². The van der Waals surface area contributed by atoms with Crippen molar-refractivity contribution in [3.05, 3.63) is 66.2 Å². The van der Waals surface area contributed by atoms with Crippen LogP contribution in [0.4, 0.5) is 0 Å². The highest BCUT2D eigenvalue weighted by atomic mass is 16.6. The Hall–Kier alpha value is -3.15. The van der Waals surface area contributed by atoms with Crippen LogP contribution in [0.3, 0.4) is 0 Å². The van der Waals surface area contributed by atoms with Crippen molar-refractivity contribution in [2.24, 2.45) is 11.0 Å². The molecule has 0 saturated heterocycles. The Bertz CT molecular complexity index is 897. The summed E-state index contributed by atoms with van der Waals surface area (Å²) in [6.07, 6.45) is 1.98. The number of ketones is 1. The van der Waals surface area contributed by atoms with Gasteiger partial charge >= 0.3 is 0 Å². The molecule has 0 spiro atoms. The molecule has 2 aromatic carbocycles. The lowest BCUT2D eigenvalue weighted by molar-refractivity contribution is -0.160. The standard InChI is InChI=1S/C22H22N2O4/c1-22(18-13-8-14-19(18)25)24(20(26)15-27-17-11-6-3-7-12-17)23-21(28-22)16-9-4-2-5-10-16/h2-7,9-12,18H,8,13-15H2,1H3/t18-,22+/m1/s1. The van der Waals surface area contributed by atoms with Crippen molar-refractivity contribution in [3.8, 4) is 5.75 Å². The van der Waals surface area contributed by atoms with Crippen LogP contribution in [-0.4, -0.2) is 34.9 Å². The van der Waals surface area contributed by atoms with Gasteiger partial charge in [-0.05, 0) is 44.0 Å². The third-order valence-corrected chi connectivity index (χ3v) is 5.23. The van der Waals surface area contributed by atoms with E-state index in [2.05, 4.69) is 5.10 Å². The first-order chi connectivity index (χ1) is 13.6. The van der Waals surface area contributed by atoms with Crippen LogP contribution in [0.15, 0.2) is 65.8 Å². The molecular weight excluding hydrogens is 356 g/mol. The van der Waals surface area contributed by atoms with Crippen molar-refractivity contribution in [1.29, 1.82) is 0 Å². The predicted octanol–water partition coefficient (Wildman–Crippen LogP) is 3.37. The number of rotatable bonds is 5. The van der Waals surface area contributed by atoms with Gasteiger partial charge in [0, 0.05) is 12.0 Å². The maximum absolute atomic E-state index is 13.0. The minimum atomic E-state index is -1.14. The van der Waals surface area contributed by atoms with E-state index in [9.17, 15) is 9.59 Å². The number of Topliss-reactive ketones (excluding diaryl/α,β-unsaturated/α-hetero) is 1. The molecule has 6 heteroatoms. The molecule has 0 unspecified atom stereocenters. The van der Waals surface area contributed by atoms with Gasteiger partial charge in [-0.1, -0.05) is 36.4 Å². The lowest BCUT2D eigenvalue weighted by Crippen LogP contribution is -2.53. The van der Waals surface area contributed by atoms with Crippen LogP contribution < -0.4 is 4.74 Å². The van der Waals surface area contributed by atoms with E-state index in [1.807, 2.05) is 48.5 Å². The summed E-state index contributed by atoms with van der Waals surface area (Å²) in [5, 5.41) is 5.75. The average Bonchev–Trinajstić information content (AvgIpc) is 3.32. The summed E-state index contributed by atoms with van der Waals surface area (Å²) in [6, 6.07) is 18.5. The number of hydrogen-bond acceptors (Lipinski definition) is 5. The Morgan fingerprint density at radius 3 is 2.50 bits per heavy atom. The fourth-order valence-corrected chi connectivity index (χ4v) is 3.77. The Morgan fingerprint density at radius 1 is 1.18 bits per heavy atom. The van der Waals surface area contributed by atoms with Gasteiger partial charge in [0.25, 0.3) is 5.91 Å². The third kappa shape index (κ3) is 3.38. The molecule has 1 fully saturated rings. The third-order valence-electron chi connectivity index (χ3n) is 5.23. The molecular formula is C22H22N2O4. The average molecular weight is 378 g/mol. The second-order valence-electron chi connectivity index (χ2n) is 7.15. The maximum Gasteiger partial charge on any atom is 0.284 e. The molecule has 0 radical (unpaired) electrons. The van der Waals surface area contributed by atoms with E-state index in [-0.39, 0.29) is 18.3 Å². The molecule has 6 nitrogen and oxygen atoms in total. The Morgan fingerprint density at radius 2 is 1.86 bits per heavy atom. The first-order valence-electron chi connectivity index (χ1n) is 9.44. The normalized spacial score (nSPS) is 24.0. The van der Waals surface area contributed by atoms with E-state index >= 15 is 0 Å². The largest absolute Gasteiger partial charge is 0.484 e. The quantitative estimate of drug-likeness (QED) is 0.800. The summed E-state index contributed by atoms with van der Waals surface area (Å²) in [6.45, 7) is 1.58. The SMILES string of the molecule is C[C@@]1([C@@H]2CCCC2=O)OC(c2ccccc2)=NN1C(=O)COc1ccccc1. The molecule has 0 bridgehead atoms. The molecule has 0 aromatic heterocycles. The number of amides is 1. The van der Waals surface area contributed by atoms with Crippen molar-refractivity contribution in [3.63, 3.8) is 0 Å². The van der Waals surface area contributed by atoms with Crippen LogP contribution in [0.1, 0.15) is 31.7 Å². The smallest absolute Gasteiger partial charge is 0.284 e. The number of benzene rings is 2. The van der Waals surface area contributed by atoms with Crippen molar-refractivity contribution < 1.29 is 19.1 Å². The van der Waals surface area contributed by atoms with Gasteiger partial charge in [-0.2, -0.15) is 5.01 Å². The fourth-order valence-electron chi connectivity index (χ4n) is 3.77. The first-order valence-corrected chi connectivity index (χ1v) is 9.44. The minimum absolute atomic E-state index is 0.105. The molecule has 2 aromatic rings. The molecule has 2 atom stereocenters. The predicted molar refractivity (Wildman–Crippen MR) is 104 cm³/mol. The number of nitrogens with zero attached hydrogens (tertiary/aromatic N) is 2. The maximum atomic E-state index is 13.0. The van der Waals surface area contributed by atoms with E-state index in [1.165, 1.54) is 5.01 Å². The molecule has 28 heavy (non-hydrogen) atoms. The molecule has 4 rings (SSSR count). The van der Waals surface area contributed by atoms with Gasteiger partial charge in [0.15, 0.2) is 6.61 Å². The molecule has 1 amide bonds. The molecule has 1 saturated carbocycles. The van der Waals surface area contributed by atoms with Gasteiger partial charge in [-0.15, -0.1) is 5.10 Å². The summed E-state index contributed by atoms with van der Waals surface area (Å²) in [5.74, 6) is 0.293. The summed E-state index contributed by atoms with van der Waals surface area (Å²) in [4.78, 5) is 25.4. The van der Waals surface area contributed by atoms with Gasteiger partial charge < -0.3 is 9.47 Å².